The number of ether oxygens (including phenoxy) is 1. The van der Waals surface area contributed by atoms with Gasteiger partial charge in [0.05, 0.1) is 11.5 Å². The van der Waals surface area contributed by atoms with Crippen molar-refractivity contribution >= 4 is 17.7 Å². The van der Waals surface area contributed by atoms with E-state index in [2.05, 4.69) is 9.15 Å². The van der Waals surface area contributed by atoms with Crippen LogP contribution in [0.2, 0.25) is 0 Å². The number of amides is 1. The third-order valence-corrected chi connectivity index (χ3v) is 1.59. The predicted molar refractivity (Wildman–Crippen MR) is 53.9 cm³/mol. The molecule has 1 heterocycles. The zero-order valence-electron chi connectivity index (χ0n) is 8.63. The van der Waals surface area contributed by atoms with Crippen molar-refractivity contribution in [3.8, 4) is 5.75 Å². The first kappa shape index (κ1) is 12.5. The fourth-order valence-electron chi connectivity index (χ4n) is 0.972. The molecule has 17 heavy (non-hydrogen) atoms. The van der Waals surface area contributed by atoms with Crippen LogP contribution in [0.3, 0.4) is 0 Å². The molecule has 92 valence electrons. The van der Waals surface area contributed by atoms with Crippen LogP contribution in [0.15, 0.2) is 15.3 Å². The summed E-state index contributed by atoms with van der Waals surface area (Å²) in [6.45, 7) is 1.65. The van der Waals surface area contributed by atoms with Crippen molar-refractivity contribution in [2.24, 2.45) is 0 Å². The summed E-state index contributed by atoms with van der Waals surface area (Å²) in [5.41, 5.74) is -2.47. The first-order valence-corrected chi connectivity index (χ1v) is 4.41. The van der Waals surface area contributed by atoms with E-state index in [0.717, 1.165) is 6.07 Å². The quantitative estimate of drug-likeness (QED) is 0.594. The highest BCUT2D eigenvalue weighted by atomic mass is 16.6. The maximum Gasteiger partial charge on any atom is 0.420 e. The van der Waals surface area contributed by atoms with E-state index in [1.807, 2.05) is 5.32 Å². The average Bonchev–Trinajstić information content (AvgIpc) is 2.15. The molecule has 1 aromatic heterocycles. The molecule has 0 fully saturated rings. The second-order valence-electron chi connectivity index (χ2n) is 2.73. The minimum absolute atomic E-state index is 0.0923. The van der Waals surface area contributed by atoms with Gasteiger partial charge in [-0.15, -0.1) is 0 Å². The Morgan fingerprint density at radius 2 is 2.35 bits per heavy atom. The number of nitro groups is 1. The number of hydrogen-bond acceptors (Lipinski definition) is 7. The number of carbonyl (C=O) groups is 1. The van der Waals surface area contributed by atoms with Crippen molar-refractivity contribution < 1.29 is 24.0 Å². The molecule has 0 atom stereocenters. The van der Waals surface area contributed by atoms with Crippen molar-refractivity contribution in [3.63, 3.8) is 0 Å². The number of carbonyl (C=O) groups excluding carboxylic acids is 1. The number of rotatable bonds is 3. The summed E-state index contributed by atoms with van der Waals surface area (Å²) in [6.07, 6.45) is -0.913. The fraction of sp³-hybridized carbons (Fsp3) is 0.250. The highest BCUT2D eigenvalue weighted by Gasteiger charge is 2.22. The lowest BCUT2D eigenvalue weighted by Gasteiger charge is -2.03. The maximum atomic E-state index is 11.1. The zero-order valence-corrected chi connectivity index (χ0v) is 8.63. The van der Waals surface area contributed by atoms with Crippen LogP contribution in [-0.2, 0) is 4.74 Å². The molecule has 0 aromatic carbocycles. The van der Waals surface area contributed by atoms with Crippen LogP contribution < -0.4 is 10.9 Å². The summed E-state index contributed by atoms with van der Waals surface area (Å²) in [7, 11) is 0. The van der Waals surface area contributed by atoms with Crippen LogP contribution in [0.1, 0.15) is 6.92 Å². The Labute approximate surface area is 93.8 Å². The van der Waals surface area contributed by atoms with E-state index in [9.17, 15) is 24.8 Å². The Bertz CT molecular complexity index is 507. The first-order chi connectivity index (χ1) is 7.95. The molecular formula is C8H8N2O7. The van der Waals surface area contributed by atoms with Crippen LogP contribution in [0.5, 0.6) is 5.75 Å². The van der Waals surface area contributed by atoms with E-state index in [4.69, 9.17) is 0 Å². The second-order valence-corrected chi connectivity index (χ2v) is 2.73. The molecule has 0 spiro atoms. The Balaban J connectivity index is 3.03. The van der Waals surface area contributed by atoms with Gasteiger partial charge >= 0.3 is 17.4 Å². The summed E-state index contributed by atoms with van der Waals surface area (Å²) >= 11 is 0. The third kappa shape index (κ3) is 2.93. The number of anilines is 1. The van der Waals surface area contributed by atoms with Crippen LogP contribution >= 0.6 is 0 Å². The molecule has 0 saturated heterocycles. The Morgan fingerprint density at radius 1 is 1.71 bits per heavy atom. The van der Waals surface area contributed by atoms with E-state index in [0.29, 0.717) is 0 Å². The lowest BCUT2D eigenvalue weighted by molar-refractivity contribution is -0.388. The minimum atomic E-state index is -1.37. The topological polar surface area (TPSA) is 132 Å². The largest absolute Gasteiger partial charge is 0.502 e. The Kier molecular flexibility index (Phi) is 3.65. The van der Waals surface area contributed by atoms with Crippen molar-refractivity contribution in [2.75, 3.05) is 11.9 Å². The highest BCUT2D eigenvalue weighted by molar-refractivity contribution is 5.83. The normalized spacial score (nSPS) is 9.71. The van der Waals surface area contributed by atoms with Crippen molar-refractivity contribution in [1.29, 1.82) is 0 Å². The van der Waals surface area contributed by atoms with Crippen molar-refractivity contribution in [1.82, 2.24) is 0 Å². The Morgan fingerprint density at radius 3 is 2.82 bits per heavy atom. The molecule has 0 aliphatic carbocycles. The molecule has 0 radical (unpaired) electrons. The molecule has 1 aromatic rings. The van der Waals surface area contributed by atoms with E-state index in [1.54, 1.807) is 6.92 Å². The van der Waals surface area contributed by atoms with Gasteiger partial charge in [-0.25, -0.2) is 9.59 Å². The van der Waals surface area contributed by atoms with Gasteiger partial charge in [0.15, 0.2) is 0 Å². The molecule has 9 heteroatoms. The predicted octanol–water partition coefficient (Wildman–Crippen LogP) is 0.822. The van der Waals surface area contributed by atoms with Crippen LogP contribution in [0, 0.1) is 10.1 Å². The zero-order chi connectivity index (χ0) is 13.0. The lowest BCUT2D eigenvalue weighted by atomic mass is 10.4. The monoisotopic (exact) mass is 244 g/mol. The standard InChI is InChI=1S/C8H8N2O7/c1-2-16-8(13)9-5-3-4(11)6(10(14)15)7(12)17-5/h3,11H,2H2,1H3,(H,9,13). The molecule has 0 unspecified atom stereocenters. The van der Waals surface area contributed by atoms with Gasteiger partial charge in [0.25, 0.3) is 0 Å². The van der Waals surface area contributed by atoms with Crippen LogP contribution in [0.4, 0.5) is 16.4 Å². The number of nitrogens with zero attached hydrogens (tertiary/aromatic N) is 1. The van der Waals surface area contributed by atoms with Gasteiger partial charge in [-0.2, -0.15) is 0 Å². The van der Waals surface area contributed by atoms with Gasteiger partial charge in [-0.1, -0.05) is 0 Å². The van der Waals surface area contributed by atoms with Crippen molar-refractivity contribution in [3.05, 3.63) is 26.6 Å². The second kappa shape index (κ2) is 4.96. The maximum absolute atomic E-state index is 11.1. The SMILES string of the molecule is CCOC(=O)Nc1cc(O)c([N+](=O)[O-])c(=O)o1. The van der Waals surface area contributed by atoms with Gasteiger partial charge in [0.2, 0.25) is 11.6 Å². The van der Waals surface area contributed by atoms with E-state index >= 15 is 0 Å². The van der Waals surface area contributed by atoms with Crippen LogP contribution in [0.25, 0.3) is 0 Å². The van der Waals surface area contributed by atoms with Crippen molar-refractivity contribution in [2.45, 2.75) is 6.92 Å². The molecule has 2 N–H and O–H groups in total. The molecule has 0 saturated carbocycles. The number of nitrogens with one attached hydrogen (secondary N) is 1. The summed E-state index contributed by atoms with van der Waals surface area (Å²) in [5, 5.41) is 21.5. The van der Waals surface area contributed by atoms with Crippen LogP contribution in [-0.4, -0.2) is 22.7 Å². The lowest BCUT2D eigenvalue weighted by Crippen LogP contribution is -2.15. The van der Waals surface area contributed by atoms with Gasteiger partial charge in [0, 0.05) is 6.07 Å². The van der Waals surface area contributed by atoms with E-state index in [1.165, 1.54) is 0 Å². The van der Waals surface area contributed by atoms with Gasteiger partial charge in [-0.05, 0) is 6.92 Å². The molecule has 1 rings (SSSR count). The van der Waals surface area contributed by atoms with Gasteiger partial charge < -0.3 is 14.3 Å². The summed E-state index contributed by atoms with van der Waals surface area (Å²) in [4.78, 5) is 31.3. The summed E-state index contributed by atoms with van der Waals surface area (Å²) in [6, 6.07) is 0.733. The smallest absolute Gasteiger partial charge is 0.420 e. The molecule has 0 aliphatic heterocycles. The Hall–Kier alpha value is -2.58. The molecule has 0 bridgehead atoms. The number of aromatic hydroxyl groups is 1. The molecule has 0 aliphatic rings. The average molecular weight is 244 g/mol. The number of hydrogen-bond donors (Lipinski definition) is 2. The first-order valence-electron chi connectivity index (χ1n) is 4.41. The van der Waals surface area contributed by atoms with E-state index < -0.39 is 34.0 Å². The highest BCUT2D eigenvalue weighted by Crippen LogP contribution is 2.24. The molecular weight excluding hydrogens is 236 g/mol. The minimum Gasteiger partial charge on any atom is -0.502 e. The summed E-state index contributed by atoms with van der Waals surface area (Å²) in [5.74, 6) is -1.35. The van der Waals surface area contributed by atoms with Gasteiger partial charge in [-0.3, -0.25) is 15.4 Å². The third-order valence-electron chi connectivity index (χ3n) is 1.59. The fourth-order valence-corrected chi connectivity index (χ4v) is 0.972. The summed E-state index contributed by atoms with van der Waals surface area (Å²) < 4.78 is 8.87. The van der Waals surface area contributed by atoms with E-state index in [-0.39, 0.29) is 6.61 Å². The molecule has 9 nitrogen and oxygen atoms in total. The van der Waals surface area contributed by atoms with Gasteiger partial charge in [0.1, 0.15) is 0 Å². The molecule has 1 amide bonds.